The minimum Gasteiger partial charge on any atom is -0.387 e. The maximum atomic E-state index is 12.8. The number of amides is 1. The van der Waals surface area contributed by atoms with Crippen molar-refractivity contribution in [1.82, 2.24) is 14.3 Å². The van der Waals surface area contributed by atoms with Gasteiger partial charge < -0.3 is 14.4 Å². The van der Waals surface area contributed by atoms with Crippen LogP contribution in [0, 0.1) is 0 Å². The van der Waals surface area contributed by atoms with Crippen molar-refractivity contribution in [2.24, 2.45) is 0 Å². The predicted molar refractivity (Wildman–Crippen MR) is 95.0 cm³/mol. The summed E-state index contributed by atoms with van der Waals surface area (Å²) in [6.45, 7) is 0.334. The van der Waals surface area contributed by atoms with Crippen LogP contribution < -0.4 is 0 Å². The molecule has 1 amide bonds. The van der Waals surface area contributed by atoms with Crippen LogP contribution in [-0.2, 0) is 11.2 Å². The van der Waals surface area contributed by atoms with Gasteiger partial charge in [0.2, 0.25) is 5.91 Å². The van der Waals surface area contributed by atoms with Gasteiger partial charge in [0.25, 0.3) is 0 Å². The highest BCUT2D eigenvalue weighted by Gasteiger charge is 2.34. The summed E-state index contributed by atoms with van der Waals surface area (Å²) in [5.41, 5.74) is 2.44. The van der Waals surface area contributed by atoms with E-state index in [1.165, 1.54) is 0 Å². The molecule has 4 rings (SSSR count). The average Bonchev–Trinajstić information content (AvgIpc) is 3.39. The molecule has 0 radical (unpaired) electrons. The fourth-order valence-electron chi connectivity index (χ4n) is 3.14. The third-order valence-corrected chi connectivity index (χ3v) is 4.61. The quantitative estimate of drug-likeness (QED) is 0.753. The number of pyridine rings is 1. The third-order valence-electron chi connectivity index (χ3n) is 4.61. The van der Waals surface area contributed by atoms with Crippen molar-refractivity contribution >= 4 is 11.6 Å². The maximum absolute atomic E-state index is 12.8. The van der Waals surface area contributed by atoms with E-state index in [2.05, 4.69) is 4.98 Å². The topological polar surface area (TPSA) is 57.8 Å². The minimum atomic E-state index is -0.660. The Kier molecular flexibility index (Phi) is 4.24. The van der Waals surface area contributed by atoms with Crippen molar-refractivity contribution < 1.29 is 9.90 Å². The first-order valence-corrected chi connectivity index (χ1v) is 8.66. The smallest absolute Gasteiger partial charge is 0.228 e. The largest absolute Gasteiger partial charge is 0.387 e. The molecule has 0 saturated heterocycles. The second kappa shape index (κ2) is 6.69. The van der Waals surface area contributed by atoms with E-state index in [-0.39, 0.29) is 18.4 Å². The molecular formula is C20H21N3O2. The Morgan fingerprint density at radius 3 is 2.68 bits per heavy atom. The number of aliphatic hydroxyl groups is 1. The highest BCUT2D eigenvalue weighted by atomic mass is 16.3. The van der Waals surface area contributed by atoms with E-state index in [0.717, 1.165) is 29.7 Å². The normalized spacial score (nSPS) is 15.2. The van der Waals surface area contributed by atoms with E-state index in [0.29, 0.717) is 6.54 Å². The fraction of sp³-hybridized carbons (Fsp3) is 0.300. The van der Waals surface area contributed by atoms with E-state index in [9.17, 15) is 9.90 Å². The molecular weight excluding hydrogens is 314 g/mol. The van der Waals surface area contributed by atoms with Crippen molar-refractivity contribution in [2.75, 3.05) is 6.54 Å². The Balaban J connectivity index is 1.47. The molecule has 1 atom stereocenters. The average molecular weight is 335 g/mol. The lowest BCUT2D eigenvalue weighted by Crippen LogP contribution is -2.37. The van der Waals surface area contributed by atoms with Gasteiger partial charge in [0.05, 0.1) is 24.8 Å². The van der Waals surface area contributed by atoms with Gasteiger partial charge in [-0.3, -0.25) is 4.79 Å². The summed E-state index contributed by atoms with van der Waals surface area (Å²) < 4.78 is 1.92. The first kappa shape index (κ1) is 15.8. The van der Waals surface area contributed by atoms with Crippen molar-refractivity contribution in [1.29, 1.82) is 0 Å². The number of rotatable bonds is 6. The van der Waals surface area contributed by atoms with E-state index in [1.807, 2.05) is 70.2 Å². The number of carbonyl (C=O) groups is 1. The first-order valence-electron chi connectivity index (χ1n) is 8.66. The molecule has 3 aromatic rings. The molecule has 1 aliphatic rings. The summed E-state index contributed by atoms with van der Waals surface area (Å²) in [7, 11) is 0. The second-order valence-electron chi connectivity index (χ2n) is 6.58. The molecule has 1 aromatic carbocycles. The zero-order valence-electron chi connectivity index (χ0n) is 14.0. The lowest BCUT2D eigenvalue weighted by Gasteiger charge is -2.25. The van der Waals surface area contributed by atoms with Crippen LogP contribution in [-0.4, -0.2) is 37.9 Å². The Labute approximate surface area is 146 Å². The van der Waals surface area contributed by atoms with E-state index in [4.69, 9.17) is 0 Å². The van der Waals surface area contributed by atoms with Gasteiger partial charge in [-0.1, -0.05) is 36.4 Å². The molecule has 2 aromatic heterocycles. The van der Waals surface area contributed by atoms with Gasteiger partial charge in [0.15, 0.2) is 0 Å². The minimum absolute atomic E-state index is 0.0286. The van der Waals surface area contributed by atoms with Crippen molar-refractivity contribution in [3.8, 4) is 0 Å². The zero-order chi connectivity index (χ0) is 17.2. The number of aromatic nitrogens is 2. The van der Waals surface area contributed by atoms with Crippen molar-refractivity contribution in [2.45, 2.75) is 31.4 Å². The molecule has 1 N–H and O–H groups in total. The number of hydrogen-bond donors (Lipinski definition) is 1. The number of fused-ring (bicyclic) bond motifs is 1. The number of carbonyl (C=O) groups excluding carboxylic acids is 1. The van der Waals surface area contributed by atoms with E-state index in [1.54, 1.807) is 0 Å². The fourth-order valence-corrected chi connectivity index (χ4v) is 3.14. The van der Waals surface area contributed by atoms with Crippen molar-refractivity contribution in [3.05, 3.63) is 72.2 Å². The molecule has 1 unspecified atom stereocenters. The van der Waals surface area contributed by atoms with Crippen LogP contribution in [0.2, 0.25) is 0 Å². The summed E-state index contributed by atoms with van der Waals surface area (Å²) >= 11 is 0. The van der Waals surface area contributed by atoms with Crippen LogP contribution in [0.25, 0.3) is 5.65 Å². The Hall–Kier alpha value is -2.66. The van der Waals surface area contributed by atoms with Gasteiger partial charge in [-0.25, -0.2) is 4.98 Å². The number of benzene rings is 1. The maximum Gasteiger partial charge on any atom is 0.228 e. The highest BCUT2D eigenvalue weighted by Crippen LogP contribution is 2.29. The summed E-state index contributed by atoms with van der Waals surface area (Å²) in [5, 5.41) is 10.5. The van der Waals surface area contributed by atoms with Gasteiger partial charge in [-0.2, -0.15) is 0 Å². The van der Waals surface area contributed by atoms with Crippen LogP contribution >= 0.6 is 0 Å². The number of aliphatic hydroxyl groups excluding tert-OH is 1. The summed E-state index contributed by atoms with van der Waals surface area (Å²) in [5.74, 6) is 0.0286. The SMILES string of the molecule is O=C(Cc1cn2ccccc2n1)N(CC(O)c1ccccc1)C1CC1. The Morgan fingerprint density at radius 1 is 1.20 bits per heavy atom. The third kappa shape index (κ3) is 3.56. The van der Waals surface area contributed by atoms with Gasteiger partial charge in [0, 0.05) is 18.4 Å². The molecule has 25 heavy (non-hydrogen) atoms. The summed E-state index contributed by atoms with van der Waals surface area (Å²) in [6, 6.07) is 15.5. The molecule has 0 spiro atoms. The molecule has 5 nitrogen and oxygen atoms in total. The number of nitrogens with zero attached hydrogens (tertiary/aromatic N) is 3. The Bertz CT molecular complexity index is 838. The lowest BCUT2D eigenvalue weighted by atomic mass is 10.1. The first-order chi connectivity index (χ1) is 12.2. The van der Waals surface area contributed by atoms with E-state index >= 15 is 0 Å². The predicted octanol–water partition coefficient (Wildman–Crippen LogP) is 2.60. The molecule has 0 aliphatic heterocycles. The lowest BCUT2D eigenvalue weighted by molar-refractivity contribution is -0.132. The monoisotopic (exact) mass is 335 g/mol. The second-order valence-corrected chi connectivity index (χ2v) is 6.58. The molecule has 0 bridgehead atoms. The molecule has 5 heteroatoms. The zero-order valence-corrected chi connectivity index (χ0v) is 14.0. The Morgan fingerprint density at radius 2 is 1.96 bits per heavy atom. The molecule has 1 aliphatic carbocycles. The van der Waals surface area contributed by atoms with Crippen LogP contribution in [0.1, 0.15) is 30.2 Å². The van der Waals surface area contributed by atoms with Crippen LogP contribution in [0.4, 0.5) is 0 Å². The molecule has 2 heterocycles. The molecule has 128 valence electrons. The van der Waals surface area contributed by atoms with Crippen molar-refractivity contribution in [3.63, 3.8) is 0 Å². The van der Waals surface area contributed by atoms with Gasteiger partial charge in [-0.15, -0.1) is 0 Å². The van der Waals surface area contributed by atoms with E-state index < -0.39 is 6.10 Å². The van der Waals surface area contributed by atoms with Gasteiger partial charge in [0.1, 0.15) is 5.65 Å². The van der Waals surface area contributed by atoms with Gasteiger partial charge in [-0.05, 0) is 30.5 Å². The van der Waals surface area contributed by atoms with Crippen LogP contribution in [0.5, 0.6) is 0 Å². The standard InChI is InChI=1S/C20H21N3O2/c24-18(15-6-2-1-3-7-15)14-23(17-9-10-17)20(25)12-16-13-22-11-5-4-8-19(22)21-16/h1-8,11,13,17-18,24H,9-10,12,14H2. The number of hydrogen-bond acceptors (Lipinski definition) is 3. The van der Waals surface area contributed by atoms with Crippen LogP contribution in [0.3, 0.4) is 0 Å². The highest BCUT2D eigenvalue weighted by molar-refractivity contribution is 5.79. The van der Waals surface area contributed by atoms with Crippen LogP contribution in [0.15, 0.2) is 60.9 Å². The summed E-state index contributed by atoms with van der Waals surface area (Å²) in [6.07, 6.45) is 5.45. The number of imidazole rings is 1. The molecule has 1 fully saturated rings. The van der Waals surface area contributed by atoms with Gasteiger partial charge >= 0.3 is 0 Å². The summed E-state index contributed by atoms with van der Waals surface area (Å²) in [4.78, 5) is 19.1. The molecule has 1 saturated carbocycles.